The van der Waals surface area contributed by atoms with Crippen LogP contribution in [0.3, 0.4) is 0 Å². The second-order valence-corrected chi connectivity index (χ2v) is 3.45. The summed E-state index contributed by atoms with van der Waals surface area (Å²) in [4.78, 5) is 7.15. The first-order valence-corrected chi connectivity index (χ1v) is 4.73. The number of nitrogen functional groups attached to an aromatic ring is 1. The summed E-state index contributed by atoms with van der Waals surface area (Å²) in [6, 6.07) is 7.60. The van der Waals surface area contributed by atoms with E-state index < -0.39 is 0 Å². The molecule has 0 amide bonds. The number of hydrogen-bond acceptors (Lipinski definition) is 3. The van der Waals surface area contributed by atoms with Gasteiger partial charge < -0.3 is 15.8 Å². The Kier molecular flexibility index (Phi) is 2.43. The van der Waals surface area contributed by atoms with Crippen molar-refractivity contribution in [3.63, 3.8) is 0 Å². The Labute approximate surface area is 87.8 Å². The standard InChI is InChI=1S/C11H13N3O/c1-7-10(14-11(12)13-7)9-4-2-8(6-15)3-5-9/h2-5,15H,6H2,1H3,(H3,12,13,14). The van der Waals surface area contributed by atoms with Gasteiger partial charge in [0.1, 0.15) is 0 Å². The third-order valence-electron chi connectivity index (χ3n) is 2.31. The minimum Gasteiger partial charge on any atom is -0.392 e. The summed E-state index contributed by atoms with van der Waals surface area (Å²) >= 11 is 0. The van der Waals surface area contributed by atoms with Crippen molar-refractivity contribution in [1.82, 2.24) is 9.97 Å². The summed E-state index contributed by atoms with van der Waals surface area (Å²) < 4.78 is 0. The van der Waals surface area contributed by atoms with E-state index in [4.69, 9.17) is 10.8 Å². The van der Waals surface area contributed by atoms with Crippen LogP contribution in [0.2, 0.25) is 0 Å². The molecule has 0 spiro atoms. The molecule has 0 aliphatic rings. The van der Waals surface area contributed by atoms with Crippen LogP contribution in [0.25, 0.3) is 11.3 Å². The molecule has 0 bridgehead atoms. The van der Waals surface area contributed by atoms with Crippen LogP contribution in [-0.4, -0.2) is 15.1 Å². The Hall–Kier alpha value is -1.81. The molecular weight excluding hydrogens is 190 g/mol. The van der Waals surface area contributed by atoms with E-state index in [9.17, 15) is 0 Å². The first kappa shape index (κ1) is 9.73. The van der Waals surface area contributed by atoms with Gasteiger partial charge in [0.25, 0.3) is 0 Å². The Morgan fingerprint density at radius 2 is 2.00 bits per heavy atom. The third-order valence-corrected chi connectivity index (χ3v) is 2.31. The molecule has 2 rings (SSSR count). The number of rotatable bonds is 2. The Morgan fingerprint density at radius 3 is 2.47 bits per heavy atom. The summed E-state index contributed by atoms with van der Waals surface area (Å²) in [6.07, 6.45) is 0. The molecule has 1 heterocycles. The maximum Gasteiger partial charge on any atom is 0.198 e. The molecule has 0 saturated heterocycles. The van der Waals surface area contributed by atoms with E-state index in [0.717, 1.165) is 22.5 Å². The predicted molar refractivity (Wildman–Crippen MR) is 59.1 cm³/mol. The summed E-state index contributed by atoms with van der Waals surface area (Å²) in [5.41, 5.74) is 9.26. The number of imidazole rings is 1. The number of hydrogen-bond donors (Lipinski definition) is 3. The lowest BCUT2D eigenvalue weighted by molar-refractivity contribution is 0.282. The van der Waals surface area contributed by atoms with E-state index in [-0.39, 0.29) is 6.61 Å². The van der Waals surface area contributed by atoms with E-state index in [0.29, 0.717) is 5.95 Å². The SMILES string of the molecule is Cc1[nH]c(N)nc1-c1ccc(CO)cc1. The fourth-order valence-electron chi connectivity index (χ4n) is 1.53. The molecule has 0 atom stereocenters. The predicted octanol–water partition coefficient (Wildman–Crippen LogP) is 1.46. The van der Waals surface area contributed by atoms with Crippen LogP contribution in [0, 0.1) is 6.92 Å². The first-order valence-electron chi connectivity index (χ1n) is 4.73. The number of H-pyrrole nitrogens is 1. The van der Waals surface area contributed by atoms with Gasteiger partial charge in [-0.05, 0) is 12.5 Å². The van der Waals surface area contributed by atoms with Gasteiger partial charge in [-0.15, -0.1) is 0 Å². The van der Waals surface area contributed by atoms with Gasteiger partial charge in [-0.1, -0.05) is 24.3 Å². The number of aromatic nitrogens is 2. The smallest absolute Gasteiger partial charge is 0.198 e. The highest BCUT2D eigenvalue weighted by Crippen LogP contribution is 2.22. The first-order chi connectivity index (χ1) is 7.20. The van der Waals surface area contributed by atoms with Crippen molar-refractivity contribution in [2.45, 2.75) is 13.5 Å². The van der Waals surface area contributed by atoms with Gasteiger partial charge in [-0.3, -0.25) is 0 Å². The van der Waals surface area contributed by atoms with Crippen molar-refractivity contribution in [3.8, 4) is 11.3 Å². The number of anilines is 1. The molecule has 4 nitrogen and oxygen atoms in total. The number of aromatic amines is 1. The van der Waals surface area contributed by atoms with E-state index in [1.165, 1.54) is 0 Å². The normalized spacial score (nSPS) is 10.5. The highest BCUT2D eigenvalue weighted by atomic mass is 16.3. The number of aliphatic hydroxyl groups is 1. The lowest BCUT2D eigenvalue weighted by Crippen LogP contribution is -1.86. The zero-order valence-corrected chi connectivity index (χ0v) is 8.49. The van der Waals surface area contributed by atoms with Gasteiger partial charge in [-0.25, -0.2) is 4.98 Å². The topological polar surface area (TPSA) is 74.9 Å². The van der Waals surface area contributed by atoms with Crippen molar-refractivity contribution >= 4 is 5.95 Å². The summed E-state index contributed by atoms with van der Waals surface area (Å²) in [5, 5.41) is 8.92. The van der Waals surface area contributed by atoms with Crippen LogP contribution in [0.4, 0.5) is 5.95 Å². The van der Waals surface area contributed by atoms with E-state index in [2.05, 4.69) is 9.97 Å². The molecular formula is C11H13N3O. The molecule has 78 valence electrons. The summed E-state index contributed by atoms with van der Waals surface area (Å²) in [5.74, 6) is 0.425. The number of nitrogens with one attached hydrogen (secondary N) is 1. The molecule has 1 aromatic carbocycles. The second-order valence-electron chi connectivity index (χ2n) is 3.45. The van der Waals surface area contributed by atoms with Crippen LogP contribution < -0.4 is 5.73 Å². The van der Waals surface area contributed by atoms with Crippen molar-refractivity contribution in [2.75, 3.05) is 5.73 Å². The van der Waals surface area contributed by atoms with Crippen molar-refractivity contribution < 1.29 is 5.11 Å². The van der Waals surface area contributed by atoms with Crippen LogP contribution >= 0.6 is 0 Å². The maximum atomic E-state index is 8.92. The molecule has 0 aliphatic heterocycles. The Bertz CT molecular complexity index is 459. The molecule has 4 heteroatoms. The Balaban J connectivity index is 2.41. The minimum atomic E-state index is 0.0575. The molecule has 4 N–H and O–H groups in total. The minimum absolute atomic E-state index is 0.0575. The molecule has 0 saturated carbocycles. The van der Waals surface area contributed by atoms with Gasteiger partial charge in [0, 0.05) is 11.3 Å². The molecule has 2 aromatic rings. The quantitative estimate of drug-likeness (QED) is 0.691. The second kappa shape index (κ2) is 3.74. The molecule has 0 fully saturated rings. The zero-order chi connectivity index (χ0) is 10.8. The molecule has 1 aromatic heterocycles. The van der Waals surface area contributed by atoms with Gasteiger partial charge in [-0.2, -0.15) is 0 Å². The van der Waals surface area contributed by atoms with Gasteiger partial charge in [0.05, 0.1) is 12.3 Å². The summed E-state index contributed by atoms with van der Waals surface area (Å²) in [7, 11) is 0. The fraction of sp³-hybridized carbons (Fsp3) is 0.182. The fourth-order valence-corrected chi connectivity index (χ4v) is 1.53. The number of benzene rings is 1. The van der Waals surface area contributed by atoms with Gasteiger partial charge in [0.2, 0.25) is 0 Å². The molecule has 0 aliphatic carbocycles. The van der Waals surface area contributed by atoms with Crippen molar-refractivity contribution in [1.29, 1.82) is 0 Å². The number of nitrogens with zero attached hydrogens (tertiary/aromatic N) is 1. The number of aliphatic hydroxyl groups excluding tert-OH is 1. The molecule has 15 heavy (non-hydrogen) atoms. The van der Waals surface area contributed by atoms with Crippen LogP contribution in [0.1, 0.15) is 11.3 Å². The largest absolute Gasteiger partial charge is 0.392 e. The average molecular weight is 203 g/mol. The lowest BCUT2D eigenvalue weighted by Gasteiger charge is -2.00. The number of nitrogens with two attached hydrogens (primary N) is 1. The average Bonchev–Trinajstić information content (AvgIpc) is 2.58. The van der Waals surface area contributed by atoms with Crippen LogP contribution in [-0.2, 0) is 6.61 Å². The van der Waals surface area contributed by atoms with E-state index in [1.807, 2.05) is 31.2 Å². The van der Waals surface area contributed by atoms with Crippen LogP contribution in [0.5, 0.6) is 0 Å². The van der Waals surface area contributed by atoms with E-state index in [1.54, 1.807) is 0 Å². The van der Waals surface area contributed by atoms with Crippen molar-refractivity contribution in [3.05, 3.63) is 35.5 Å². The van der Waals surface area contributed by atoms with Crippen molar-refractivity contribution in [2.24, 2.45) is 0 Å². The lowest BCUT2D eigenvalue weighted by atomic mass is 10.1. The van der Waals surface area contributed by atoms with Gasteiger partial charge >= 0.3 is 0 Å². The number of aryl methyl sites for hydroxylation is 1. The highest BCUT2D eigenvalue weighted by molar-refractivity contribution is 5.63. The molecule has 0 radical (unpaired) electrons. The van der Waals surface area contributed by atoms with Crippen LogP contribution in [0.15, 0.2) is 24.3 Å². The van der Waals surface area contributed by atoms with E-state index >= 15 is 0 Å². The molecule has 0 unspecified atom stereocenters. The highest BCUT2D eigenvalue weighted by Gasteiger charge is 2.06. The monoisotopic (exact) mass is 203 g/mol. The third kappa shape index (κ3) is 1.85. The summed E-state index contributed by atoms with van der Waals surface area (Å²) in [6.45, 7) is 1.99. The zero-order valence-electron chi connectivity index (χ0n) is 8.49. The maximum absolute atomic E-state index is 8.92. The Morgan fingerprint density at radius 1 is 1.33 bits per heavy atom. The van der Waals surface area contributed by atoms with Gasteiger partial charge in [0.15, 0.2) is 5.95 Å².